The first-order valence-corrected chi connectivity index (χ1v) is 12.8. The van der Waals surface area contributed by atoms with E-state index in [1.54, 1.807) is 0 Å². The zero-order valence-electron chi connectivity index (χ0n) is 20.8. The van der Waals surface area contributed by atoms with Gasteiger partial charge in [-0.25, -0.2) is 4.79 Å². The highest BCUT2D eigenvalue weighted by Crippen LogP contribution is 2.48. The van der Waals surface area contributed by atoms with Crippen molar-refractivity contribution < 1.29 is 45.4 Å². The molecule has 0 atom stereocenters. The number of benzene rings is 2. The minimum absolute atomic E-state index is 0.158. The summed E-state index contributed by atoms with van der Waals surface area (Å²) in [6.07, 6.45) is -8.45. The maximum atomic E-state index is 14.1. The molecule has 2 aromatic rings. The molecule has 0 saturated carbocycles. The first kappa shape index (κ1) is 30.4. The van der Waals surface area contributed by atoms with Crippen molar-refractivity contribution in [3.05, 3.63) is 59.2 Å². The van der Waals surface area contributed by atoms with E-state index in [4.69, 9.17) is 9.47 Å². The predicted molar refractivity (Wildman–Crippen MR) is 133 cm³/mol. The van der Waals surface area contributed by atoms with Gasteiger partial charge in [-0.05, 0) is 42.3 Å². The van der Waals surface area contributed by atoms with E-state index in [2.05, 4.69) is 5.32 Å². The standard InChI is InChI=1S/C26H26F6N2O4S/c1-2-3-13-38-24(36)33-18-5-4-6-19(16-18)39-20-9-7-17(8-10-21(35)34-11-14-37-15-12-34)22(25(27,28)29)23(20)26(30,31)32/h4-10,16H,2-3,11-15H2,1H3,(H,33,36). The van der Waals surface area contributed by atoms with Gasteiger partial charge in [-0.1, -0.05) is 37.2 Å². The summed E-state index contributed by atoms with van der Waals surface area (Å²) in [5.74, 6) is -0.629. The normalized spacial score (nSPS) is 14.5. The van der Waals surface area contributed by atoms with Crippen molar-refractivity contribution in [3.63, 3.8) is 0 Å². The molecule has 2 aromatic carbocycles. The number of anilines is 1. The Balaban J connectivity index is 1.94. The molecule has 3 rings (SSSR count). The Hall–Kier alpha value is -3.19. The number of halogens is 6. The van der Waals surface area contributed by atoms with Gasteiger partial charge in [0, 0.05) is 34.6 Å². The molecule has 6 nitrogen and oxygen atoms in total. The molecule has 212 valence electrons. The molecule has 13 heteroatoms. The maximum Gasteiger partial charge on any atom is 0.418 e. The van der Waals surface area contributed by atoms with Crippen LogP contribution in [0.3, 0.4) is 0 Å². The number of nitrogens with zero attached hydrogens (tertiary/aromatic N) is 1. The SMILES string of the molecule is CCCCOC(=O)Nc1cccc(Sc2ccc(C=CC(=O)N3CCOCC3)c(C(F)(F)F)c2C(F)(F)F)c1. The highest BCUT2D eigenvalue weighted by Gasteiger charge is 2.46. The summed E-state index contributed by atoms with van der Waals surface area (Å²) in [7, 11) is 0. The van der Waals surface area contributed by atoms with Crippen LogP contribution in [0.15, 0.2) is 52.3 Å². The van der Waals surface area contributed by atoms with E-state index in [0.717, 1.165) is 30.7 Å². The lowest BCUT2D eigenvalue weighted by atomic mass is 9.99. The Bertz CT molecular complexity index is 1190. The third-order valence-corrected chi connectivity index (χ3v) is 6.58. The van der Waals surface area contributed by atoms with Crippen molar-refractivity contribution in [2.45, 2.75) is 41.9 Å². The largest absolute Gasteiger partial charge is 0.449 e. The zero-order chi connectivity index (χ0) is 28.6. The Morgan fingerprint density at radius 2 is 1.74 bits per heavy atom. The fraction of sp³-hybridized carbons (Fsp3) is 0.385. The van der Waals surface area contributed by atoms with Crippen LogP contribution in [0, 0.1) is 0 Å². The van der Waals surface area contributed by atoms with Gasteiger partial charge in [-0.15, -0.1) is 0 Å². The molecule has 2 amide bonds. The van der Waals surface area contributed by atoms with Crippen molar-refractivity contribution in [3.8, 4) is 0 Å². The molecule has 1 aliphatic rings. The molecule has 0 unspecified atom stereocenters. The summed E-state index contributed by atoms with van der Waals surface area (Å²) in [4.78, 5) is 25.0. The quantitative estimate of drug-likeness (QED) is 0.206. The Morgan fingerprint density at radius 1 is 1.05 bits per heavy atom. The molecule has 1 saturated heterocycles. The number of ether oxygens (including phenoxy) is 2. The lowest BCUT2D eigenvalue weighted by Gasteiger charge is -2.25. The summed E-state index contributed by atoms with van der Waals surface area (Å²) in [5, 5.41) is 2.44. The van der Waals surface area contributed by atoms with Gasteiger partial charge < -0.3 is 14.4 Å². The second kappa shape index (κ2) is 13.2. The van der Waals surface area contributed by atoms with Gasteiger partial charge in [0.05, 0.1) is 30.9 Å². The molecule has 1 N–H and O–H groups in total. The number of unbranched alkanes of at least 4 members (excludes halogenated alkanes) is 1. The summed E-state index contributed by atoms with van der Waals surface area (Å²) in [6.45, 7) is 3.06. The molecular formula is C26H26F6N2O4S. The third kappa shape index (κ3) is 8.65. The van der Waals surface area contributed by atoms with E-state index in [1.807, 2.05) is 6.92 Å². The average molecular weight is 577 g/mol. The molecule has 39 heavy (non-hydrogen) atoms. The first-order valence-electron chi connectivity index (χ1n) is 12.0. The number of hydrogen-bond donors (Lipinski definition) is 1. The van der Waals surface area contributed by atoms with Gasteiger partial charge in [-0.2, -0.15) is 26.3 Å². The van der Waals surface area contributed by atoms with Gasteiger partial charge in [0.2, 0.25) is 5.91 Å². The summed E-state index contributed by atoms with van der Waals surface area (Å²) in [5.41, 5.74) is -4.34. The van der Waals surface area contributed by atoms with Crippen LogP contribution in [0.1, 0.15) is 36.5 Å². The van der Waals surface area contributed by atoms with Crippen LogP contribution in [-0.4, -0.2) is 49.8 Å². The lowest BCUT2D eigenvalue weighted by molar-refractivity contribution is -0.163. The molecule has 0 aromatic heterocycles. The van der Waals surface area contributed by atoms with Crippen molar-refractivity contribution in [1.82, 2.24) is 4.90 Å². The molecule has 0 bridgehead atoms. The summed E-state index contributed by atoms with van der Waals surface area (Å²) in [6, 6.07) is 7.47. The molecule has 1 aliphatic heterocycles. The molecule has 1 fully saturated rings. The monoisotopic (exact) mass is 576 g/mol. The van der Waals surface area contributed by atoms with Crippen molar-refractivity contribution in [2.24, 2.45) is 0 Å². The predicted octanol–water partition coefficient (Wildman–Crippen LogP) is 7.10. The fourth-order valence-corrected chi connectivity index (χ4v) is 4.73. The second-order valence-electron chi connectivity index (χ2n) is 8.41. The highest BCUT2D eigenvalue weighted by molar-refractivity contribution is 7.99. The number of carbonyl (C=O) groups excluding carboxylic acids is 2. The van der Waals surface area contributed by atoms with Crippen LogP contribution in [0.4, 0.5) is 36.8 Å². The van der Waals surface area contributed by atoms with E-state index >= 15 is 0 Å². The van der Waals surface area contributed by atoms with Gasteiger partial charge in [0.1, 0.15) is 0 Å². The van der Waals surface area contributed by atoms with Gasteiger partial charge in [-0.3, -0.25) is 10.1 Å². The minimum atomic E-state index is -5.37. The van der Waals surface area contributed by atoms with Crippen molar-refractivity contribution in [2.75, 3.05) is 38.2 Å². The number of amides is 2. The van der Waals surface area contributed by atoms with Gasteiger partial charge in [0.15, 0.2) is 0 Å². The van der Waals surface area contributed by atoms with Crippen LogP contribution < -0.4 is 5.32 Å². The Labute approximate surface area is 225 Å². The second-order valence-corrected chi connectivity index (χ2v) is 9.53. The van der Waals surface area contributed by atoms with Gasteiger partial charge >= 0.3 is 18.4 Å². The van der Waals surface area contributed by atoms with Crippen LogP contribution in [-0.2, 0) is 26.6 Å². The van der Waals surface area contributed by atoms with Crippen LogP contribution >= 0.6 is 11.8 Å². The van der Waals surface area contributed by atoms with Gasteiger partial charge in [0.25, 0.3) is 0 Å². The zero-order valence-corrected chi connectivity index (χ0v) is 21.6. The molecular weight excluding hydrogens is 550 g/mol. The Morgan fingerprint density at radius 3 is 2.38 bits per heavy atom. The van der Waals surface area contributed by atoms with Crippen LogP contribution in [0.25, 0.3) is 6.08 Å². The fourth-order valence-electron chi connectivity index (χ4n) is 3.69. The maximum absolute atomic E-state index is 14.1. The first-order chi connectivity index (χ1) is 18.4. The number of carbonyl (C=O) groups is 2. The summed E-state index contributed by atoms with van der Waals surface area (Å²) < 4.78 is 94.6. The average Bonchev–Trinajstić information content (AvgIpc) is 2.87. The van der Waals surface area contributed by atoms with E-state index < -0.39 is 45.9 Å². The number of morpholine rings is 1. The third-order valence-electron chi connectivity index (χ3n) is 5.53. The van der Waals surface area contributed by atoms with E-state index in [1.165, 1.54) is 29.2 Å². The number of hydrogen-bond acceptors (Lipinski definition) is 5. The Kier molecular flexibility index (Phi) is 10.3. The number of alkyl halides is 6. The van der Waals surface area contributed by atoms with E-state index in [0.29, 0.717) is 18.2 Å². The van der Waals surface area contributed by atoms with E-state index in [-0.39, 0.29) is 43.5 Å². The van der Waals surface area contributed by atoms with E-state index in [9.17, 15) is 35.9 Å². The molecule has 0 spiro atoms. The summed E-state index contributed by atoms with van der Waals surface area (Å²) >= 11 is 0.465. The smallest absolute Gasteiger partial charge is 0.418 e. The number of nitrogens with one attached hydrogen (secondary N) is 1. The highest BCUT2D eigenvalue weighted by atomic mass is 32.2. The van der Waals surface area contributed by atoms with Crippen LogP contribution in [0.2, 0.25) is 0 Å². The molecule has 1 heterocycles. The van der Waals surface area contributed by atoms with Crippen LogP contribution in [0.5, 0.6) is 0 Å². The topological polar surface area (TPSA) is 67.9 Å². The number of rotatable bonds is 8. The molecule has 0 radical (unpaired) electrons. The van der Waals surface area contributed by atoms with Crippen molar-refractivity contribution in [1.29, 1.82) is 0 Å². The minimum Gasteiger partial charge on any atom is -0.449 e. The molecule has 0 aliphatic carbocycles. The van der Waals surface area contributed by atoms with Crippen molar-refractivity contribution >= 4 is 35.5 Å². The lowest BCUT2D eigenvalue weighted by Crippen LogP contribution is -2.39.